The Morgan fingerprint density at radius 1 is 1.44 bits per heavy atom. The zero-order valence-electron chi connectivity index (χ0n) is 11.3. The molecular weight excluding hydrogens is 200 g/mol. The van der Waals surface area contributed by atoms with Gasteiger partial charge in [0.15, 0.2) is 0 Å². The van der Waals surface area contributed by atoms with E-state index in [1.807, 2.05) is 0 Å². The van der Waals surface area contributed by atoms with Crippen molar-refractivity contribution in [1.29, 1.82) is 0 Å². The number of methoxy groups -OCH3 is 1. The van der Waals surface area contributed by atoms with Crippen LogP contribution in [-0.2, 0) is 4.74 Å². The maximum Gasteiger partial charge on any atom is 0.0589 e. The Bertz CT molecular complexity index is 183. The highest BCUT2D eigenvalue weighted by atomic mass is 16.5. The first kappa shape index (κ1) is 13.9. The fourth-order valence-corrected chi connectivity index (χ4v) is 2.16. The van der Waals surface area contributed by atoms with Crippen molar-refractivity contribution < 1.29 is 4.74 Å². The second-order valence-electron chi connectivity index (χ2n) is 5.00. The lowest BCUT2D eigenvalue weighted by Gasteiger charge is -2.30. The molecule has 1 rings (SSSR count). The van der Waals surface area contributed by atoms with Crippen LogP contribution < -0.4 is 5.32 Å². The van der Waals surface area contributed by atoms with Crippen LogP contribution in [0.3, 0.4) is 0 Å². The third-order valence-corrected chi connectivity index (χ3v) is 3.78. The van der Waals surface area contributed by atoms with Crippen molar-refractivity contribution in [1.82, 2.24) is 10.2 Å². The summed E-state index contributed by atoms with van der Waals surface area (Å²) in [6, 6.07) is 1.44. The quantitative estimate of drug-likeness (QED) is 0.650. The lowest BCUT2D eigenvalue weighted by Crippen LogP contribution is -2.45. The molecule has 0 aromatic rings. The molecule has 0 saturated heterocycles. The van der Waals surface area contributed by atoms with Gasteiger partial charge in [-0.15, -0.1) is 0 Å². The summed E-state index contributed by atoms with van der Waals surface area (Å²) < 4.78 is 5.19. The first-order valence-corrected chi connectivity index (χ1v) is 6.63. The summed E-state index contributed by atoms with van der Waals surface area (Å²) in [6.45, 7) is 7.71. The molecule has 0 amide bonds. The molecule has 2 atom stereocenters. The molecule has 1 fully saturated rings. The van der Waals surface area contributed by atoms with E-state index in [0.717, 1.165) is 25.1 Å². The van der Waals surface area contributed by atoms with Gasteiger partial charge in [0, 0.05) is 32.3 Å². The molecule has 0 aromatic heterocycles. The lowest BCUT2D eigenvalue weighted by atomic mass is 9.99. The predicted octanol–water partition coefficient (Wildman–Crippen LogP) is 1.73. The fourth-order valence-electron chi connectivity index (χ4n) is 2.16. The predicted molar refractivity (Wildman–Crippen MR) is 68.8 cm³/mol. The molecule has 0 aromatic carbocycles. The molecule has 2 unspecified atom stereocenters. The Hall–Kier alpha value is -0.120. The summed E-state index contributed by atoms with van der Waals surface area (Å²) in [5, 5.41) is 3.46. The molecule has 16 heavy (non-hydrogen) atoms. The van der Waals surface area contributed by atoms with Crippen LogP contribution in [0.25, 0.3) is 0 Å². The molecule has 96 valence electrons. The van der Waals surface area contributed by atoms with Crippen molar-refractivity contribution in [3.8, 4) is 0 Å². The number of hydrogen-bond acceptors (Lipinski definition) is 3. The molecule has 0 aliphatic heterocycles. The molecule has 3 heteroatoms. The van der Waals surface area contributed by atoms with E-state index in [9.17, 15) is 0 Å². The van der Waals surface area contributed by atoms with Crippen molar-refractivity contribution in [2.24, 2.45) is 5.92 Å². The van der Waals surface area contributed by atoms with E-state index >= 15 is 0 Å². The Labute approximate surface area is 101 Å². The standard InChI is InChI=1S/C13H28N2O/c1-5-11(2)13(14-3)10-15(8-9-16-4)12-6-7-12/h11-14H,5-10H2,1-4H3. The average molecular weight is 228 g/mol. The van der Waals surface area contributed by atoms with E-state index in [0.29, 0.717) is 6.04 Å². The van der Waals surface area contributed by atoms with Gasteiger partial charge >= 0.3 is 0 Å². The van der Waals surface area contributed by atoms with Crippen LogP contribution in [0.4, 0.5) is 0 Å². The van der Waals surface area contributed by atoms with Gasteiger partial charge in [-0.2, -0.15) is 0 Å². The summed E-state index contributed by atoms with van der Waals surface area (Å²) in [7, 11) is 3.87. The summed E-state index contributed by atoms with van der Waals surface area (Å²) in [6.07, 6.45) is 4.00. The molecular formula is C13H28N2O. The monoisotopic (exact) mass is 228 g/mol. The first-order valence-electron chi connectivity index (χ1n) is 6.63. The van der Waals surface area contributed by atoms with Crippen molar-refractivity contribution in [2.75, 3.05) is 33.9 Å². The van der Waals surface area contributed by atoms with Crippen LogP contribution in [-0.4, -0.2) is 50.8 Å². The molecule has 0 radical (unpaired) electrons. The molecule has 1 aliphatic carbocycles. The maximum absolute atomic E-state index is 5.19. The van der Waals surface area contributed by atoms with Gasteiger partial charge in [0.2, 0.25) is 0 Å². The molecule has 0 spiro atoms. The zero-order chi connectivity index (χ0) is 12.0. The minimum Gasteiger partial charge on any atom is -0.383 e. The third-order valence-electron chi connectivity index (χ3n) is 3.78. The molecule has 1 N–H and O–H groups in total. The van der Waals surface area contributed by atoms with Gasteiger partial charge < -0.3 is 10.1 Å². The number of ether oxygens (including phenoxy) is 1. The third kappa shape index (κ3) is 4.40. The van der Waals surface area contributed by atoms with Gasteiger partial charge in [-0.1, -0.05) is 20.3 Å². The molecule has 0 heterocycles. The second-order valence-corrected chi connectivity index (χ2v) is 5.00. The van der Waals surface area contributed by atoms with Gasteiger partial charge in [-0.25, -0.2) is 0 Å². The van der Waals surface area contributed by atoms with Crippen molar-refractivity contribution in [2.45, 2.75) is 45.2 Å². The van der Waals surface area contributed by atoms with E-state index in [1.165, 1.54) is 25.8 Å². The van der Waals surface area contributed by atoms with E-state index in [4.69, 9.17) is 4.74 Å². The number of nitrogens with one attached hydrogen (secondary N) is 1. The van der Waals surface area contributed by atoms with Crippen LogP contribution in [0.1, 0.15) is 33.1 Å². The van der Waals surface area contributed by atoms with Crippen molar-refractivity contribution >= 4 is 0 Å². The Morgan fingerprint density at radius 3 is 2.56 bits per heavy atom. The molecule has 3 nitrogen and oxygen atoms in total. The topological polar surface area (TPSA) is 24.5 Å². The normalized spacial score (nSPS) is 20.1. The minimum absolute atomic E-state index is 0.613. The van der Waals surface area contributed by atoms with Gasteiger partial charge in [0.05, 0.1) is 6.61 Å². The highest BCUT2D eigenvalue weighted by molar-refractivity contribution is 4.87. The Kier molecular flexibility index (Phi) is 6.32. The van der Waals surface area contributed by atoms with E-state index in [2.05, 4.69) is 31.1 Å². The highest BCUT2D eigenvalue weighted by Gasteiger charge is 2.30. The van der Waals surface area contributed by atoms with Crippen LogP contribution in [0, 0.1) is 5.92 Å². The van der Waals surface area contributed by atoms with Gasteiger partial charge in [0.25, 0.3) is 0 Å². The maximum atomic E-state index is 5.19. The SMILES string of the molecule is CCC(C)C(CN(CCOC)C1CC1)NC. The minimum atomic E-state index is 0.613. The van der Waals surface area contributed by atoms with E-state index in [-0.39, 0.29) is 0 Å². The first-order chi connectivity index (χ1) is 7.72. The number of hydrogen-bond donors (Lipinski definition) is 1. The van der Waals surface area contributed by atoms with E-state index < -0.39 is 0 Å². The van der Waals surface area contributed by atoms with Gasteiger partial charge in [0.1, 0.15) is 0 Å². The van der Waals surface area contributed by atoms with Crippen molar-refractivity contribution in [3.05, 3.63) is 0 Å². The summed E-state index contributed by atoms with van der Waals surface area (Å²) in [5.74, 6) is 0.744. The van der Waals surface area contributed by atoms with Crippen LogP contribution >= 0.6 is 0 Å². The summed E-state index contributed by atoms with van der Waals surface area (Å²) in [5.41, 5.74) is 0. The molecule has 1 aliphatic rings. The zero-order valence-corrected chi connectivity index (χ0v) is 11.3. The smallest absolute Gasteiger partial charge is 0.0589 e. The van der Waals surface area contributed by atoms with Gasteiger partial charge in [-0.3, -0.25) is 4.90 Å². The lowest BCUT2D eigenvalue weighted by molar-refractivity contribution is 0.130. The summed E-state index contributed by atoms with van der Waals surface area (Å²) in [4.78, 5) is 2.59. The Morgan fingerprint density at radius 2 is 2.12 bits per heavy atom. The molecule has 0 bridgehead atoms. The fraction of sp³-hybridized carbons (Fsp3) is 1.00. The van der Waals surface area contributed by atoms with Crippen LogP contribution in [0.2, 0.25) is 0 Å². The van der Waals surface area contributed by atoms with Crippen molar-refractivity contribution in [3.63, 3.8) is 0 Å². The number of likely N-dealkylation sites (N-methyl/N-ethyl adjacent to an activating group) is 1. The highest BCUT2D eigenvalue weighted by Crippen LogP contribution is 2.27. The Balaban J connectivity index is 2.38. The summed E-state index contributed by atoms with van der Waals surface area (Å²) >= 11 is 0. The van der Waals surface area contributed by atoms with E-state index in [1.54, 1.807) is 7.11 Å². The second kappa shape index (κ2) is 7.25. The van der Waals surface area contributed by atoms with Gasteiger partial charge in [-0.05, 0) is 25.8 Å². The average Bonchev–Trinajstić information content (AvgIpc) is 3.12. The number of rotatable bonds is 9. The van der Waals surface area contributed by atoms with Crippen LogP contribution in [0.5, 0.6) is 0 Å². The number of nitrogens with zero attached hydrogens (tertiary/aromatic N) is 1. The van der Waals surface area contributed by atoms with Crippen LogP contribution in [0.15, 0.2) is 0 Å². The molecule has 1 saturated carbocycles. The largest absolute Gasteiger partial charge is 0.383 e.